The summed E-state index contributed by atoms with van der Waals surface area (Å²) in [4.78, 5) is 0. The van der Waals surface area contributed by atoms with Crippen molar-refractivity contribution in [1.29, 1.82) is 0 Å². The molecular formula is C18H27N. The molecule has 2 atom stereocenters. The van der Waals surface area contributed by atoms with E-state index < -0.39 is 0 Å². The average molecular weight is 257 g/mol. The fraction of sp³-hybridized carbons (Fsp3) is 0.667. The summed E-state index contributed by atoms with van der Waals surface area (Å²) in [5.41, 5.74) is 3.24. The van der Waals surface area contributed by atoms with Gasteiger partial charge in [-0.2, -0.15) is 0 Å². The number of hydrogen-bond acceptors (Lipinski definition) is 1. The van der Waals surface area contributed by atoms with Crippen LogP contribution in [0.15, 0.2) is 24.3 Å². The predicted molar refractivity (Wildman–Crippen MR) is 81.4 cm³/mol. The molecular weight excluding hydrogens is 230 g/mol. The Morgan fingerprint density at radius 3 is 2.21 bits per heavy atom. The van der Waals surface area contributed by atoms with Crippen LogP contribution < -0.4 is 5.32 Å². The Bertz CT molecular complexity index is 379. The Hall–Kier alpha value is -0.820. The van der Waals surface area contributed by atoms with Gasteiger partial charge in [0.2, 0.25) is 0 Å². The van der Waals surface area contributed by atoms with Gasteiger partial charge >= 0.3 is 0 Å². The van der Waals surface area contributed by atoms with Crippen LogP contribution in [0, 0.1) is 11.8 Å². The number of unbranched alkanes of at least 4 members (excludes halogenated alkanes) is 2. The van der Waals surface area contributed by atoms with Gasteiger partial charge < -0.3 is 5.32 Å². The minimum atomic E-state index is 0.782. The van der Waals surface area contributed by atoms with Crippen LogP contribution in [-0.2, 0) is 12.8 Å². The van der Waals surface area contributed by atoms with Crippen molar-refractivity contribution in [1.82, 2.24) is 5.32 Å². The quantitative estimate of drug-likeness (QED) is 0.787. The molecule has 3 rings (SSSR count). The van der Waals surface area contributed by atoms with Crippen molar-refractivity contribution in [2.75, 3.05) is 6.54 Å². The zero-order valence-electron chi connectivity index (χ0n) is 12.2. The second-order valence-electron chi connectivity index (χ2n) is 6.46. The molecule has 0 radical (unpaired) electrons. The first kappa shape index (κ1) is 13.2. The molecule has 19 heavy (non-hydrogen) atoms. The standard InChI is InChI=1S/C18H27N/c1-2-3-6-11-19-18-16-9-10-17(18)13-15-8-5-4-7-14(15)12-16/h4-5,7-8,16-19H,2-3,6,9-13H2,1H3. The van der Waals surface area contributed by atoms with Crippen LogP contribution >= 0.6 is 0 Å². The summed E-state index contributed by atoms with van der Waals surface area (Å²) in [5, 5.41) is 3.89. The zero-order chi connectivity index (χ0) is 13.1. The van der Waals surface area contributed by atoms with Crippen molar-refractivity contribution in [2.24, 2.45) is 11.8 Å². The molecule has 0 heterocycles. The van der Waals surface area contributed by atoms with Crippen molar-refractivity contribution >= 4 is 0 Å². The summed E-state index contributed by atoms with van der Waals surface area (Å²) in [7, 11) is 0. The van der Waals surface area contributed by atoms with Gasteiger partial charge in [0.1, 0.15) is 0 Å². The Morgan fingerprint density at radius 2 is 1.63 bits per heavy atom. The highest BCUT2D eigenvalue weighted by atomic mass is 14.9. The van der Waals surface area contributed by atoms with Crippen molar-refractivity contribution in [3.05, 3.63) is 35.4 Å². The van der Waals surface area contributed by atoms with Gasteiger partial charge in [0, 0.05) is 6.04 Å². The SMILES string of the molecule is CCCCCNC1C2CCC1Cc1ccccc1C2. The van der Waals surface area contributed by atoms with Crippen molar-refractivity contribution in [3.8, 4) is 0 Å². The minimum Gasteiger partial charge on any atom is -0.313 e. The van der Waals surface area contributed by atoms with Gasteiger partial charge in [-0.05, 0) is 61.6 Å². The van der Waals surface area contributed by atoms with Crippen LogP contribution in [0.3, 0.4) is 0 Å². The number of benzene rings is 1. The third kappa shape index (κ3) is 2.86. The Balaban J connectivity index is 1.66. The van der Waals surface area contributed by atoms with Crippen LogP contribution in [0.5, 0.6) is 0 Å². The van der Waals surface area contributed by atoms with Crippen molar-refractivity contribution in [3.63, 3.8) is 0 Å². The monoisotopic (exact) mass is 257 g/mol. The van der Waals surface area contributed by atoms with E-state index in [-0.39, 0.29) is 0 Å². The van der Waals surface area contributed by atoms with Gasteiger partial charge in [-0.25, -0.2) is 0 Å². The van der Waals surface area contributed by atoms with Gasteiger partial charge in [-0.15, -0.1) is 0 Å². The third-order valence-corrected chi connectivity index (χ3v) is 5.17. The van der Waals surface area contributed by atoms with E-state index in [1.165, 1.54) is 51.5 Å². The summed E-state index contributed by atoms with van der Waals surface area (Å²) in [6, 6.07) is 9.90. The maximum Gasteiger partial charge on any atom is 0.0130 e. The normalized spacial score (nSPS) is 29.0. The highest BCUT2D eigenvalue weighted by molar-refractivity contribution is 5.30. The summed E-state index contributed by atoms with van der Waals surface area (Å²) in [5.74, 6) is 1.77. The van der Waals surface area contributed by atoms with Crippen LogP contribution in [0.2, 0.25) is 0 Å². The predicted octanol–water partition coefficient (Wildman–Crippen LogP) is 3.96. The number of fused-ring (bicyclic) bond motifs is 3. The van der Waals surface area contributed by atoms with Crippen molar-refractivity contribution < 1.29 is 0 Å². The molecule has 104 valence electrons. The summed E-state index contributed by atoms with van der Waals surface area (Å²) in [6.07, 6.45) is 9.52. The van der Waals surface area contributed by atoms with E-state index in [4.69, 9.17) is 0 Å². The van der Waals surface area contributed by atoms with E-state index in [0.29, 0.717) is 0 Å². The molecule has 2 aliphatic carbocycles. The highest BCUT2D eigenvalue weighted by Crippen LogP contribution is 2.39. The molecule has 1 fully saturated rings. The Labute approximate surface area is 117 Å². The van der Waals surface area contributed by atoms with E-state index in [0.717, 1.165) is 17.9 Å². The average Bonchev–Trinajstić information content (AvgIpc) is 2.70. The molecule has 1 N–H and O–H groups in total. The number of nitrogens with one attached hydrogen (secondary N) is 1. The molecule has 1 saturated carbocycles. The van der Waals surface area contributed by atoms with Crippen LogP contribution in [-0.4, -0.2) is 12.6 Å². The molecule has 0 aliphatic heterocycles. The zero-order valence-corrected chi connectivity index (χ0v) is 12.2. The topological polar surface area (TPSA) is 12.0 Å². The molecule has 0 saturated heterocycles. The first-order valence-electron chi connectivity index (χ1n) is 8.18. The van der Waals surface area contributed by atoms with Gasteiger partial charge in [-0.1, -0.05) is 44.0 Å². The fourth-order valence-electron chi connectivity index (χ4n) is 4.13. The van der Waals surface area contributed by atoms with Gasteiger partial charge in [0.15, 0.2) is 0 Å². The second kappa shape index (κ2) is 6.09. The first-order chi connectivity index (χ1) is 9.38. The summed E-state index contributed by atoms with van der Waals surface area (Å²) in [6.45, 7) is 3.51. The van der Waals surface area contributed by atoms with Crippen LogP contribution in [0.4, 0.5) is 0 Å². The van der Waals surface area contributed by atoms with Crippen LogP contribution in [0.25, 0.3) is 0 Å². The fourth-order valence-corrected chi connectivity index (χ4v) is 4.13. The Kier molecular flexibility index (Phi) is 4.22. The maximum atomic E-state index is 3.89. The molecule has 1 heteroatoms. The molecule has 1 aromatic carbocycles. The maximum absolute atomic E-state index is 3.89. The lowest BCUT2D eigenvalue weighted by Crippen LogP contribution is -2.38. The van der Waals surface area contributed by atoms with E-state index in [1.807, 2.05) is 0 Å². The van der Waals surface area contributed by atoms with E-state index >= 15 is 0 Å². The number of hydrogen-bond donors (Lipinski definition) is 1. The first-order valence-corrected chi connectivity index (χ1v) is 8.18. The van der Waals surface area contributed by atoms with Gasteiger partial charge in [0.05, 0.1) is 0 Å². The molecule has 1 aromatic rings. The third-order valence-electron chi connectivity index (χ3n) is 5.17. The van der Waals surface area contributed by atoms with E-state index in [9.17, 15) is 0 Å². The summed E-state index contributed by atoms with van der Waals surface area (Å²) < 4.78 is 0. The number of rotatable bonds is 5. The Morgan fingerprint density at radius 1 is 1.00 bits per heavy atom. The lowest BCUT2D eigenvalue weighted by molar-refractivity contribution is 0.340. The van der Waals surface area contributed by atoms with Crippen LogP contribution in [0.1, 0.15) is 50.2 Å². The summed E-state index contributed by atoms with van der Waals surface area (Å²) >= 11 is 0. The molecule has 0 aromatic heterocycles. The molecule has 2 aliphatic rings. The molecule has 0 amide bonds. The smallest absolute Gasteiger partial charge is 0.0130 e. The molecule has 1 nitrogen and oxygen atoms in total. The van der Waals surface area contributed by atoms with Gasteiger partial charge in [-0.3, -0.25) is 0 Å². The molecule has 2 bridgehead atoms. The van der Waals surface area contributed by atoms with Gasteiger partial charge in [0.25, 0.3) is 0 Å². The molecule has 2 unspecified atom stereocenters. The highest BCUT2D eigenvalue weighted by Gasteiger charge is 2.38. The molecule has 0 spiro atoms. The second-order valence-corrected chi connectivity index (χ2v) is 6.46. The minimum absolute atomic E-state index is 0.782. The largest absolute Gasteiger partial charge is 0.313 e. The van der Waals surface area contributed by atoms with E-state index in [1.54, 1.807) is 11.1 Å². The lowest BCUT2D eigenvalue weighted by atomic mass is 9.94. The van der Waals surface area contributed by atoms with Crippen molar-refractivity contribution in [2.45, 2.75) is 57.9 Å². The lowest BCUT2D eigenvalue weighted by Gasteiger charge is -2.23. The van der Waals surface area contributed by atoms with E-state index in [2.05, 4.69) is 36.5 Å².